The number of rotatable bonds is 4. The number of amides is 1. The van der Waals surface area contributed by atoms with Crippen molar-refractivity contribution in [2.45, 2.75) is 52.6 Å². The SMILES string of the molecule is CCC(CC)n1nc(-c2cccc3ccccc23)c2c1CCN(C(C)=O)C2. The van der Waals surface area contributed by atoms with Crippen molar-refractivity contribution in [1.29, 1.82) is 0 Å². The van der Waals surface area contributed by atoms with Crippen molar-refractivity contribution < 1.29 is 4.79 Å². The van der Waals surface area contributed by atoms with Crippen molar-refractivity contribution in [3.05, 3.63) is 53.7 Å². The van der Waals surface area contributed by atoms with E-state index in [-0.39, 0.29) is 5.91 Å². The zero-order valence-electron chi connectivity index (χ0n) is 16.4. The van der Waals surface area contributed by atoms with Crippen LogP contribution in [0.15, 0.2) is 42.5 Å². The molecule has 27 heavy (non-hydrogen) atoms. The largest absolute Gasteiger partial charge is 0.338 e. The highest BCUT2D eigenvalue weighted by Gasteiger charge is 2.29. The van der Waals surface area contributed by atoms with Gasteiger partial charge < -0.3 is 4.90 Å². The van der Waals surface area contributed by atoms with Gasteiger partial charge in [0, 0.05) is 43.3 Å². The maximum atomic E-state index is 12.0. The van der Waals surface area contributed by atoms with Crippen molar-refractivity contribution in [2.75, 3.05) is 6.54 Å². The van der Waals surface area contributed by atoms with Gasteiger partial charge in [0.05, 0.1) is 11.7 Å². The first-order valence-corrected chi connectivity index (χ1v) is 9.97. The predicted octanol–water partition coefficient (Wildman–Crippen LogP) is 4.97. The summed E-state index contributed by atoms with van der Waals surface area (Å²) in [6, 6.07) is 15.3. The summed E-state index contributed by atoms with van der Waals surface area (Å²) in [5.41, 5.74) is 4.74. The van der Waals surface area contributed by atoms with E-state index in [1.165, 1.54) is 27.6 Å². The molecule has 1 amide bonds. The first-order valence-electron chi connectivity index (χ1n) is 9.97. The minimum absolute atomic E-state index is 0.139. The van der Waals surface area contributed by atoms with Gasteiger partial charge in [-0.2, -0.15) is 5.10 Å². The summed E-state index contributed by atoms with van der Waals surface area (Å²) >= 11 is 0. The molecule has 0 radical (unpaired) electrons. The molecular formula is C23H27N3O. The molecule has 2 heterocycles. The fourth-order valence-corrected chi connectivity index (χ4v) is 4.30. The molecule has 0 bridgehead atoms. The van der Waals surface area contributed by atoms with E-state index in [1.54, 1.807) is 6.92 Å². The summed E-state index contributed by atoms with van der Waals surface area (Å²) in [7, 11) is 0. The van der Waals surface area contributed by atoms with E-state index < -0.39 is 0 Å². The Hall–Kier alpha value is -2.62. The van der Waals surface area contributed by atoms with Crippen molar-refractivity contribution in [3.63, 3.8) is 0 Å². The number of carbonyl (C=O) groups excluding carboxylic acids is 1. The molecule has 0 spiro atoms. The third kappa shape index (κ3) is 3.03. The standard InChI is InChI=1S/C23H27N3O/c1-4-18(5-2)26-22-13-14-25(16(3)27)15-21(22)23(24-26)20-12-8-10-17-9-6-7-11-19(17)20/h6-12,18H,4-5,13-15H2,1-3H3. The second-order valence-corrected chi connectivity index (χ2v) is 7.41. The summed E-state index contributed by atoms with van der Waals surface area (Å²) in [4.78, 5) is 14.0. The molecular weight excluding hydrogens is 334 g/mol. The van der Waals surface area contributed by atoms with Gasteiger partial charge in [0.15, 0.2) is 0 Å². The lowest BCUT2D eigenvalue weighted by Gasteiger charge is -2.28. The number of aromatic nitrogens is 2. The summed E-state index contributed by atoms with van der Waals surface area (Å²) in [5, 5.41) is 7.57. The smallest absolute Gasteiger partial charge is 0.219 e. The zero-order chi connectivity index (χ0) is 19.0. The molecule has 0 N–H and O–H groups in total. The molecule has 1 aromatic heterocycles. The first kappa shape index (κ1) is 17.8. The van der Waals surface area contributed by atoms with Gasteiger partial charge in [-0.25, -0.2) is 0 Å². The van der Waals surface area contributed by atoms with Gasteiger partial charge in [-0.1, -0.05) is 56.3 Å². The van der Waals surface area contributed by atoms with Gasteiger partial charge in [0.25, 0.3) is 0 Å². The van der Waals surface area contributed by atoms with Crippen LogP contribution in [-0.2, 0) is 17.8 Å². The maximum Gasteiger partial charge on any atom is 0.219 e. The van der Waals surface area contributed by atoms with Crippen molar-refractivity contribution >= 4 is 16.7 Å². The number of nitrogens with zero attached hydrogens (tertiary/aromatic N) is 3. The molecule has 140 valence electrons. The molecule has 0 fully saturated rings. The third-order valence-corrected chi connectivity index (χ3v) is 5.86. The molecule has 0 saturated carbocycles. The predicted molar refractivity (Wildman–Crippen MR) is 110 cm³/mol. The fraction of sp³-hybridized carbons (Fsp3) is 0.391. The average Bonchev–Trinajstić information content (AvgIpc) is 3.07. The zero-order valence-corrected chi connectivity index (χ0v) is 16.4. The summed E-state index contributed by atoms with van der Waals surface area (Å²) in [6.45, 7) is 7.55. The summed E-state index contributed by atoms with van der Waals surface area (Å²) in [6.07, 6.45) is 3.01. The highest BCUT2D eigenvalue weighted by atomic mass is 16.2. The van der Waals surface area contributed by atoms with Gasteiger partial charge in [-0.05, 0) is 23.6 Å². The first-order chi connectivity index (χ1) is 13.1. The van der Waals surface area contributed by atoms with E-state index in [0.717, 1.165) is 31.5 Å². The Morgan fingerprint density at radius 3 is 2.59 bits per heavy atom. The average molecular weight is 361 g/mol. The van der Waals surface area contributed by atoms with Crippen molar-refractivity contribution in [3.8, 4) is 11.3 Å². The minimum atomic E-state index is 0.139. The Balaban J connectivity index is 1.93. The highest BCUT2D eigenvalue weighted by molar-refractivity contribution is 5.96. The van der Waals surface area contributed by atoms with Crippen LogP contribution in [0.2, 0.25) is 0 Å². The maximum absolute atomic E-state index is 12.0. The molecule has 4 nitrogen and oxygen atoms in total. The Labute approximate surface area is 160 Å². The molecule has 0 saturated heterocycles. The number of benzene rings is 2. The molecule has 0 unspecified atom stereocenters. The topological polar surface area (TPSA) is 38.1 Å². The van der Waals surface area contributed by atoms with Crippen LogP contribution in [0.5, 0.6) is 0 Å². The third-order valence-electron chi connectivity index (χ3n) is 5.86. The van der Waals surface area contributed by atoms with E-state index in [4.69, 9.17) is 5.10 Å². The van der Waals surface area contributed by atoms with E-state index in [2.05, 4.69) is 61.0 Å². The second kappa shape index (κ2) is 7.18. The summed E-state index contributed by atoms with van der Waals surface area (Å²) < 4.78 is 2.25. The fourth-order valence-electron chi connectivity index (χ4n) is 4.30. The quantitative estimate of drug-likeness (QED) is 0.658. The van der Waals surface area contributed by atoms with E-state index in [1.807, 2.05) is 4.90 Å². The lowest BCUT2D eigenvalue weighted by molar-refractivity contribution is -0.129. The normalized spacial score (nSPS) is 14.0. The molecule has 0 aliphatic carbocycles. The highest BCUT2D eigenvalue weighted by Crippen LogP contribution is 2.36. The molecule has 4 rings (SSSR count). The van der Waals surface area contributed by atoms with Gasteiger partial charge in [-0.3, -0.25) is 9.48 Å². The molecule has 2 aromatic carbocycles. The van der Waals surface area contributed by atoms with Crippen LogP contribution in [0.25, 0.3) is 22.0 Å². The second-order valence-electron chi connectivity index (χ2n) is 7.41. The van der Waals surface area contributed by atoms with Gasteiger partial charge in [-0.15, -0.1) is 0 Å². The Kier molecular flexibility index (Phi) is 4.73. The Bertz CT molecular complexity index is 979. The number of carbonyl (C=O) groups is 1. The number of hydrogen-bond acceptors (Lipinski definition) is 2. The Morgan fingerprint density at radius 1 is 1.11 bits per heavy atom. The van der Waals surface area contributed by atoms with Gasteiger partial charge in [0.2, 0.25) is 5.91 Å². The monoisotopic (exact) mass is 361 g/mol. The van der Waals surface area contributed by atoms with Gasteiger partial charge in [0.1, 0.15) is 0 Å². The summed E-state index contributed by atoms with van der Waals surface area (Å²) in [5.74, 6) is 0.139. The van der Waals surface area contributed by atoms with Crippen LogP contribution >= 0.6 is 0 Å². The molecule has 1 aliphatic rings. The number of fused-ring (bicyclic) bond motifs is 2. The van der Waals surface area contributed by atoms with Crippen LogP contribution in [0, 0.1) is 0 Å². The van der Waals surface area contributed by atoms with Crippen LogP contribution in [-0.4, -0.2) is 27.1 Å². The van der Waals surface area contributed by atoms with E-state index in [9.17, 15) is 4.79 Å². The van der Waals surface area contributed by atoms with Crippen LogP contribution in [0.3, 0.4) is 0 Å². The Morgan fingerprint density at radius 2 is 1.85 bits per heavy atom. The molecule has 1 aliphatic heterocycles. The molecule has 4 heteroatoms. The van der Waals surface area contributed by atoms with E-state index >= 15 is 0 Å². The van der Waals surface area contributed by atoms with Crippen LogP contribution in [0.4, 0.5) is 0 Å². The van der Waals surface area contributed by atoms with Gasteiger partial charge >= 0.3 is 0 Å². The molecule has 3 aromatic rings. The lowest BCUT2D eigenvalue weighted by atomic mass is 9.96. The van der Waals surface area contributed by atoms with E-state index in [0.29, 0.717) is 12.6 Å². The van der Waals surface area contributed by atoms with Crippen molar-refractivity contribution in [2.24, 2.45) is 0 Å². The van der Waals surface area contributed by atoms with Crippen molar-refractivity contribution in [1.82, 2.24) is 14.7 Å². The van der Waals surface area contributed by atoms with Crippen LogP contribution < -0.4 is 0 Å². The van der Waals surface area contributed by atoms with Crippen LogP contribution in [0.1, 0.15) is 50.9 Å². The molecule has 0 atom stereocenters. The minimum Gasteiger partial charge on any atom is -0.338 e. The lowest BCUT2D eigenvalue weighted by Crippen LogP contribution is -2.35. The number of hydrogen-bond donors (Lipinski definition) is 0.